The van der Waals surface area contributed by atoms with Crippen molar-refractivity contribution in [3.63, 3.8) is 0 Å². The lowest BCUT2D eigenvalue weighted by atomic mass is 10.2. The van der Waals surface area contributed by atoms with Crippen LogP contribution in [0, 0.1) is 0 Å². The van der Waals surface area contributed by atoms with Crippen molar-refractivity contribution < 1.29 is 9.59 Å². The smallest absolute Gasteiger partial charge is 0.237 e. The zero-order chi connectivity index (χ0) is 13.5. The first-order valence-electron chi connectivity index (χ1n) is 6.86. The molecule has 3 N–H and O–H groups in total. The molecule has 1 saturated carbocycles. The molecule has 1 rings (SSSR count). The van der Waals surface area contributed by atoms with Crippen LogP contribution in [0.2, 0.25) is 0 Å². The van der Waals surface area contributed by atoms with E-state index in [-0.39, 0.29) is 23.9 Å². The molecule has 5 nitrogen and oxygen atoms in total. The SMILES string of the molecule is CCC(C)NC(=O)C(C)NCCC(=O)NC1CC1. The maximum absolute atomic E-state index is 11.7. The van der Waals surface area contributed by atoms with Gasteiger partial charge >= 0.3 is 0 Å². The Morgan fingerprint density at radius 1 is 1.28 bits per heavy atom. The number of carbonyl (C=O) groups excluding carboxylic acids is 2. The lowest BCUT2D eigenvalue weighted by Gasteiger charge is -2.17. The van der Waals surface area contributed by atoms with E-state index in [0.717, 1.165) is 19.3 Å². The summed E-state index contributed by atoms with van der Waals surface area (Å²) in [6.07, 6.45) is 3.56. The van der Waals surface area contributed by atoms with Gasteiger partial charge in [-0.1, -0.05) is 6.92 Å². The highest BCUT2D eigenvalue weighted by Crippen LogP contribution is 2.18. The Bertz CT molecular complexity index is 290. The lowest BCUT2D eigenvalue weighted by molar-refractivity contribution is -0.124. The van der Waals surface area contributed by atoms with E-state index in [1.165, 1.54) is 0 Å². The molecule has 0 saturated heterocycles. The zero-order valence-corrected chi connectivity index (χ0v) is 11.6. The molecule has 0 aromatic carbocycles. The molecule has 0 bridgehead atoms. The van der Waals surface area contributed by atoms with Gasteiger partial charge in [-0.2, -0.15) is 0 Å². The van der Waals surface area contributed by atoms with Gasteiger partial charge in [0.05, 0.1) is 6.04 Å². The van der Waals surface area contributed by atoms with E-state index in [1.807, 2.05) is 20.8 Å². The molecule has 104 valence electrons. The molecule has 0 aromatic rings. The van der Waals surface area contributed by atoms with Crippen molar-refractivity contribution in [2.24, 2.45) is 0 Å². The molecule has 18 heavy (non-hydrogen) atoms. The van der Waals surface area contributed by atoms with Crippen LogP contribution in [0.15, 0.2) is 0 Å². The summed E-state index contributed by atoms with van der Waals surface area (Å²) in [5.74, 6) is 0.0616. The van der Waals surface area contributed by atoms with Crippen molar-refractivity contribution in [1.29, 1.82) is 0 Å². The normalized spacial score (nSPS) is 17.9. The number of amides is 2. The molecule has 0 heterocycles. The van der Waals surface area contributed by atoms with E-state index in [9.17, 15) is 9.59 Å². The predicted octanol–water partition coefficient (Wildman–Crippen LogP) is 0.548. The summed E-state index contributed by atoms with van der Waals surface area (Å²) in [7, 11) is 0. The summed E-state index contributed by atoms with van der Waals surface area (Å²) in [4.78, 5) is 23.1. The summed E-state index contributed by atoms with van der Waals surface area (Å²) >= 11 is 0. The van der Waals surface area contributed by atoms with Gasteiger partial charge in [-0.15, -0.1) is 0 Å². The highest BCUT2D eigenvalue weighted by atomic mass is 16.2. The summed E-state index contributed by atoms with van der Waals surface area (Å²) in [6, 6.07) is 0.344. The number of nitrogens with one attached hydrogen (secondary N) is 3. The standard InChI is InChI=1S/C13H25N3O2/c1-4-9(2)15-13(18)10(3)14-8-7-12(17)16-11-5-6-11/h9-11,14H,4-8H2,1-3H3,(H,15,18)(H,16,17). The fourth-order valence-corrected chi connectivity index (χ4v) is 1.49. The second kappa shape index (κ2) is 7.36. The summed E-state index contributed by atoms with van der Waals surface area (Å²) in [5, 5.41) is 8.89. The maximum atomic E-state index is 11.7. The molecule has 0 radical (unpaired) electrons. The molecule has 5 heteroatoms. The number of hydrogen-bond donors (Lipinski definition) is 3. The first-order chi connectivity index (χ1) is 8.52. The Balaban J connectivity index is 2.09. The second-order valence-corrected chi connectivity index (χ2v) is 5.09. The van der Waals surface area contributed by atoms with E-state index in [2.05, 4.69) is 16.0 Å². The van der Waals surface area contributed by atoms with Gasteiger partial charge in [0.15, 0.2) is 0 Å². The van der Waals surface area contributed by atoms with Crippen molar-refractivity contribution in [1.82, 2.24) is 16.0 Å². The number of rotatable bonds is 8. The van der Waals surface area contributed by atoms with Gasteiger partial charge in [0, 0.05) is 25.0 Å². The first-order valence-corrected chi connectivity index (χ1v) is 6.86. The molecule has 1 aliphatic rings. The minimum absolute atomic E-state index is 0.00745. The van der Waals surface area contributed by atoms with Crippen LogP contribution in [0.3, 0.4) is 0 Å². The fraction of sp³-hybridized carbons (Fsp3) is 0.846. The van der Waals surface area contributed by atoms with Crippen molar-refractivity contribution in [3.05, 3.63) is 0 Å². The van der Waals surface area contributed by atoms with Crippen LogP contribution in [0.25, 0.3) is 0 Å². The molecule has 1 fully saturated rings. The Morgan fingerprint density at radius 3 is 2.50 bits per heavy atom. The van der Waals surface area contributed by atoms with E-state index < -0.39 is 0 Å². The van der Waals surface area contributed by atoms with Gasteiger partial charge in [-0.3, -0.25) is 9.59 Å². The van der Waals surface area contributed by atoms with Gasteiger partial charge in [-0.25, -0.2) is 0 Å². The highest BCUT2D eigenvalue weighted by Gasteiger charge is 2.23. The van der Waals surface area contributed by atoms with Crippen LogP contribution >= 0.6 is 0 Å². The minimum Gasteiger partial charge on any atom is -0.353 e. The zero-order valence-electron chi connectivity index (χ0n) is 11.6. The molecule has 2 amide bonds. The monoisotopic (exact) mass is 255 g/mol. The van der Waals surface area contributed by atoms with Gasteiger partial charge in [0.1, 0.15) is 0 Å². The number of hydrogen-bond acceptors (Lipinski definition) is 3. The van der Waals surface area contributed by atoms with Gasteiger partial charge in [0.2, 0.25) is 11.8 Å². The fourth-order valence-electron chi connectivity index (χ4n) is 1.49. The average molecular weight is 255 g/mol. The Labute approximate surface area is 109 Å². The van der Waals surface area contributed by atoms with Gasteiger partial charge in [-0.05, 0) is 33.1 Å². The van der Waals surface area contributed by atoms with Crippen molar-refractivity contribution in [3.8, 4) is 0 Å². The predicted molar refractivity (Wildman–Crippen MR) is 71.1 cm³/mol. The second-order valence-electron chi connectivity index (χ2n) is 5.09. The van der Waals surface area contributed by atoms with E-state index in [4.69, 9.17) is 0 Å². The molecule has 1 aliphatic carbocycles. The van der Waals surface area contributed by atoms with Crippen LogP contribution in [0.1, 0.15) is 46.5 Å². The summed E-state index contributed by atoms with van der Waals surface area (Å²) < 4.78 is 0. The van der Waals surface area contributed by atoms with E-state index >= 15 is 0 Å². The van der Waals surface area contributed by atoms with Crippen LogP contribution in [0.5, 0.6) is 0 Å². The van der Waals surface area contributed by atoms with E-state index in [1.54, 1.807) is 0 Å². The van der Waals surface area contributed by atoms with Crippen LogP contribution in [0.4, 0.5) is 0 Å². The maximum Gasteiger partial charge on any atom is 0.237 e. The molecular weight excluding hydrogens is 230 g/mol. The molecule has 2 atom stereocenters. The van der Waals surface area contributed by atoms with E-state index in [0.29, 0.717) is 19.0 Å². The van der Waals surface area contributed by atoms with Gasteiger partial charge in [0.25, 0.3) is 0 Å². The third-order valence-electron chi connectivity index (χ3n) is 3.14. The van der Waals surface area contributed by atoms with Crippen molar-refractivity contribution in [2.45, 2.75) is 64.6 Å². The van der Waals surface area contributed by atoms with Gasteiger partial charge < -0.3 is 16.0 Å². The number of carbonyl (C=O) groups is 2. The Morgan fingerprint density at radius 2 is 1.94 bits per heavy atom. The summed E-state index contributed by atoms with van der Waals surface area (Å²) in [5.41, 5.74) is 0. The third-order valence-corrected chi connectivity index (χ3v) is 3.14. The first kappa shape index (κ1) is 15.0. The summed E-state index contributed by atoms with van der Waals surface area (Å²) in [6.45, 7) is 6.36. The lowest BCUT2D eigenvalue weighted by Crippen LogP contribution is -2.46. The molecule has 0 aliphatic heterocycles. The van der Waals surface area contributed by atoms with Crippen molar-refractivity contribution >= 4 is 11.8 Å². The molecule has 2 unspecified atom stereocenters. The van der Waals surface area contributed by atoms with Crippen molar-refractivity contribution in [2.75, 3.05) is 6.54 Å². The molecule has 0 spiro atoms. The quantitative estimate of drug-likeness (QED) is 0.593. The third kappa shape index (κ3) is 6.00. The van der Waals surface area contributed by atoms with Crippen LogP contribution in [-0.4, -0.2) is 36.5 Å². The highest BCUT2D eigenvalue weighted by molar-refractivity contribution is 5.81. The average Bonchev–Trinajstić information content (AvgIpc) is 3.12. The molecular formula is C13H25N3O2. The Hall–Kier alpha value is -1.10. The molecule has 0 aromatic heterocycles. The largest absolute Gasteiger partial charge is 0.353 e. The minimum atomic E-state index is -0.257. The Kier molecular flexibility index (Phi) is 6.12. The van der Waals surface area contributed by atoms with Crippen LogP contribution < -0.4 is 16.0 Å². The topological polar surface area (TPSA) is 70.2 Å². The van der Waals surface area contributed by atoms with Crippen LogP contribution in [-0.2, 0) is 9.59 Å².